The first kappa shape index (κ1) is 40.5. The fraction of sp³-hybridized carbons (Fsp3) is 0.383. The van der Waals surface area contributed by atoms with E-state index in [0.717, 1.165) is 12.8 Å². The zero-order chi connectivity index (χ0) is 34.8. The van der Waals surface area contributed by atoms with Gasteiger partial charge in [0.05, 0.1) is 0 Å². The fourth-order valence-electron chi connectivity index (χ4n) is 7.46. The molecule has 0 spiro atoms. The van der Waals surface area contributed by atoms with E-state index in [-0.39, 0.29) is 46.5 Å². The molecule has 0 bridgehead atoms. The Morgan fingerprint density at radius 1 is 0.540 bits per heavy atom. The molecule has 4 aromatic carbocycles. The van der Waals surface area contributed by atoms with E-state index in [2.05, 4.69) is 180 Å². The Bertz CT molecular complexity index is 1900. The van der Waals surface area contributed by atoms with Crippen LogP contribution in [0.25, 0.3) is 11.1 Å². The van der Waals surface area contributed by atoms with E-state index in [9.17, 15) is 0 Å². The van der Waals surface area contributed by atoms with E-state index < -0.39 is 21.3 Å². The first-order valence-corrected chi connectivity index (χ1v) is 21.7. The molecule has 0 heterocycles. The second kappa shape index (κ2) is 14.6. The van der Waals surface area contributed by atoms with Gasteiger partial charge in [0.2, 0.25) is 0 Å². The number of allylic oxidation sites excluding steroid dienone is 4. The molecule has 262 valence electrons. The van der Waals surface area contributed by atoms with E-state index in [1.807, 2.05) is 0 Å². The average Bonchev–Trinajstić information content (AvgIpc) is 3.66. The van der Waals surface area contributed by atoms with Crippen LogP contribution >= 0.6 is 0 Å². The standard InChI is InChI=1S/C21H25.C21H26.C5H5.2ClH.Zr/c1-20(2,3)16-7-9-18-14(12-16)11-15-13-17(21(4,5)6)8-10-19(15)18;1-20(2,3)18-11-7-16(8-12-18)15-17-9-13-19(14-10-17)21(4,5)6;1-2-4-5-3-1;;;/h7-10,12H,11H2,1-6H3;7-14H,1-6H3;1-3H,4H2;2*1H;/q;;;;;+2/p-2. The van der Waals surface area contributed by atoms with Crippen molar-refractivity contribution in [3.05, 3.63) is 145 Å². The predicted molar refractivity (Wildman–Crippen MR) is 207 cm³/mol. The molecule has 0 N–H and O–H groups in total. The predicted octanol–water partition coefficient (Wildman–Crippen LogP) is 5.81. The van der Waals surface area contributed by atoms with Gasteiger partial charge in [0, 0.05) is 0 Å². The third-order valence-corrected chi connectivity index (χ3v) is 18.2. The minimum atomic E-state index is -2.85. The molecule has 0 nitrogen and oxygen atoms in total. The molecule has 0 saturated heterocycles. The van der Waals surface area contributed by atoms with E-state index in [1.165, 1.54) is 44.5 Å². The normalized spacial score (nSPS) is 13.8. The van der Waals surface area contributed by atoms with Gasteiger partial charge in [0.25, 0.3) is 0 Å². The van der Waals surface area contributed by atoms with Crippen molar-refractivity contribution >= 4 is 6.48 Å². The smallest absolute Gasteiger partial charge is 1.00 e. The molecule has 6 rings (SSSR count). The van der Waals surface area contributed by atoms with Crippen LogP contribution in [-0.2, 0) is 49.3 Å². The SMILES string of the molecule is CC(C)(C)c1ccc([C](c2ccc(C(C)(C)C)cc2)=[Zr+2]([C]2=CC=CC2)[c]2c(C(C)(C)C)ccc3c2Cc2cc(C(C)(C)C)ccc2-3)cc1.[Cl-].[Cl-]. The third-order valence-electron chi connectivity index (χ3n) is 10.4. The summed E-state index contributed by atoms with van der Waals surface area (Å²) in [5, 5.41) is 0. The molecule has 0 saturated carbocycles. The molecule has 0 fully saturated rings. The molecular weight excluding hydrogens is 727 g/mol. The largest absolute Gasteiger partial charge is 1.00 e. The monoisotopic (exact) mass is 780 g/mol. The number of benzene rings is 4. The molecule has 0 aromatic heterocycles. The first-order chi connectivity index (χ1) is 22.3. The van der Waals surface area contributed by atoms with Crippen molar-refractivity contribution in [3.63, 3.8) is 0 Å². The number of fused-ring (bicyclic) bond motifs is 3. The molecule has 0 unspecified atom stereocenters. The Labute approximate surface area is 323 Å². The van der Waals surface area contributed by atoms with Crippen LogP contribution < -0.4 is 28.1 Å². The Morgan fingerprint density at radius 3 is 1.46 bits per heavy atom. The molecule has 0 aliphatic heterocycles. The molecule has 2 aliphatic rings. The van der Waals surface area contributed by atoms with Gasteiger partial charge < -0.3 is 24.8 Å². The van der Waals surface area contributed by atoms with Crippen LogP contribution in [0.15, 0.2) is 100 Å². The van der Waals surface area contributed by atoms with Crippen LogP contribution in [0.1, 0.15) is 134 Å². The first-order valence-electron chi connectivity index (χ1n) is 18.0. The van der Waals surface area contributed by atoms with Crippen molar-refractivity contribution in [3.8, 4) is 11.1 Å². The molecular formula is C47H56Cl2Zr. The van der Waals surface area contributed by atoms with Gasteiger partial charge in [-0.3, -0.25) is 0 Å². The van der Waals surface area contributed by atoms with Gasteiger partial charge in [-0.15, -0.1) is 0 Å². The molecule has 0 atom stereocenters. The maximum absolute atomic E-state index is 2.85. The van der Waals surface area contributed by atoms with Crippen molar-refractivity contribution < 1.29 is 46.1 Å². The van der Waals surface area contributed by atoms with Gasteiger partial charge in [-0.1, -0.05) is 0 Å². The van der Waals surface area contributed by atoms with E-state index >= 15 is 0 Å². The zero-order valence-corrected chi connectivity index (χ0v) is 36.4. The van der Waals surface area contributed by atoms with Crippen LogP contribution in [0, 0.1) is 0 Å². The fourth-order valence-corrected chi connectivity index (χ4v) is 16.4. The summed E-state index contributed by atoms with van der Waals surface area (Å²) >= 11 is -2.85. The minimum Gasteiger partial charge on any atom is -1.00 e. The molecule has 4 aromatic rings. The molecule has 0 amide bonds. The topological polar surface area (TPSA) is 0 Å². The van der Waals surface area contributed by atoms with E-state index in [0.29, 0.717) is 0 Å². The Hall–Kier alpha value is -2.31. The van der Waals surface area contributed by atoms with Crippen molar-refractivity contribution in [2.75, 3.05) is 0 Å². The maximum Gasteiger partial charge on any atom is -1.00 e. The van der Waals surface area contributed by atoms with Gasteiger partial charge in [-0.2, -0.15) is 0 Å². The summed E-state index contributed by atoms with van der Waals surface area (Å²) < 4.78 is 5.00. The Balaban J connectivity index is 0.00000281. The van der Waals surface area contributed by atoms with Crippen LogP contribution in [0.3, 0.4) is 0 Å². The Kier molecular flexibility index (Phi) is 11.8. The van der Waals surface area contributed by atoms with Crippen LogP contribution in [0.5, 0.6) is 0 Å². The second-order valence-electron chi connectivity index (χ2n) is 18.3. The number of rotatable bonds is 4. The van der Waals surface area contributed by atoms with Crippen LogP contribution in [0.2, 0.25) is 0 Å². The maximum atomic E-state index is 2.51. The molecule has 3 heteroatoms. The van der Waals surface area contributed by atoms with Crippen molar-refractivity contribution in [1.29, 1.82) is 0 Å². The van der Waals surface area contributed by atoms with Gasteiger partial charge in [-0.25, -0.2) is 0 Å². The minimum absolute atomic E-state index is 0. The quantitative estimate of drug-likeness (QED) is 0.216. The molecule has 0 radical (unpaired) electrons. The zero-order valence-electron chi connectivity index (χ0n) is 32.4. The van der Waals surface area contributed by atoms with Gasteiger partial charge in [0.1, 0.15) is 0 Å². The van der Waals surface area contributed by atoms with Crippen LogP contribution in [0.4, 0.5) is 0 Å². The molecule has 50 heavy (non-hydrogen) atoms. The van der Waals surface area contributed by atoms with E-state index in [4.69, 9.17) is 0 Å². The third kappa shape index (κ3) is 8.02. The summed E-state index contributed by atoms with van der Waals surface area (Å²) in [5.74, 6) is 0. The second-order valence-corrected chi connectivity index (χ2v) is 24.2. The summed E-state index contributed by atoms with van der Waals surface area (Å²) in [6.45, 7) is 28.2. The summed E-state index contributed by atoms with van der Waals surface area (Å²) in [5.41, 5.74) is 14.9. The number of hydrogen-bond donors (Lipinski definition) is 0. The van der Waals surface area contributed by atoms with Gasteiger partial charge >= 0.3 is 301 Å². The Morgan fingerprint density at radius 2 is 1.02 bits per heavy atom. The van der Waals surface area contributed by atoms with E-state index in [1.54, 1.807) is 20.9 Å². The summed E-state index contributed by atoms with van der Waals surface area (Å²) in [6, 6.07) is 31.6. The average molecular weight is 783 g/mol. The van der Waals surface area contributed by atoms with Crippen molar-refractivity contribution in [2.45, 2.75) is 118 Å². The van der Waals surface area contributed by atoms with Crippen molar-refractivity contribution in [1.82, 2.24) is 0 Å². The summed E-state index contributed by atoms with van der Waals surface area (Å²) in [6.07, 6.45) is 9.30. The van der Waals surface area contributed by atoms with Gasteiger partial charge in [0.15, 0.2) is 0 Å². The molecule has 2 aliphatic carbocycles. The van der Waals surface area contributed by atoms with Gasteiger partial charge in [-0.05, 0) is 0 Å². The van der Waals surface area contributed by atoms with Crippen LogP contribution in [-0.4, -0.2) is 3.21 Å². The summed E-state index contributed by atoms with van der Waals surface area (Å²) in [4.78, 5) is 0. The number of halogens is 2. The number of hydrogen-bond acceptors (Lipinski definition) is 0. The van der Waals surface area contributed by atoms with Crippen molar-refractivity contribution in [2.24, 2.45) is 0 Å². The summed E-state index contributed by atoms with van der Waals surface area (Å²) in [7, 11) is 0.